The van der Waals surface area contributed by atoms with Crippen LogP contribution in [0.15, 0.2) is 108 Å². The van der Waals surface area contributed by atoms with Gasteiger partial charge in [0.25, 0.3) is 0 Å². The summed E-state index contributed by atoms with van der Waals surface area (Å²) in [4.78, 5) is 50.8. The molecule has 0 radical (unpaired) electrons. The van der Waals surface area contributed by atoms with Crippen LogP contribution in [-0.2, 0) is 46.5 Å². The number of benzene rings is 4. The molecule has 15 heteroatoms. The maximum atomic E-state index is 14.5. The highest BCUT2D eigenvalue weighted by Gasteiger charge is 2.30. The third-order valence-corrected chi connectivity index (χ3v) is 9.62. The average Bonchev–Trinajstić information content (AvgIpc) is 3.21. The van der Waals surface area contributed by atoms with Crippen molar-refractivity contribution in [3.05, 3.63) is 142 Å². The Bertz CT molecular complexity index is 2210. The monoisotopic (exact) mass is 807 g/mol. The second kappa shape index (κ2) is 20.5. The van der Waals surface area contributed by atoms with Gasteiger partial charge in [-0.25, -0.2) is 14.0 Å². The number of aromatic nitrogens is 1. The number of aryl methyl sites for hydroxylation is 2. The number of likely N-dealkylation sites (N-methyl/N-ethyl adjacent to an activating group) is 1. The molecule has 308 valence electrons. The molecule has 1 heterocycles. The molecule has 0 saturated heterocycles. The minimum absolute atomic E-state index is 0.00468. The fraction of sp³-hybridized carbons (Fsp3) is 0.302. The molecule has 0 bridgehead atoms. The summed E-state index contributed by atoms with van der Waals surface area (Å²) in [5.41, 5.74) is 3.30. The first-order valence-electron chi connectivity index (χ1n) is 18.5. The normalized spacial score (nSPS) is 12.4. The molecule has 0 fully saturated rings. The Morgan fingerprint density at radius 2 is 1.29 bits per heavy atom. The number of alkyl halides is 3. The van der Waals surface area contributed by atoms with Crippen molar-refractivity contribution in [1.29, 1.82) is 0 Å². The Morgan fingerprint density at radius 3 is 1.84 bits per heavy atom. The van der Waals surface area contributed by atoms with Gasteiger partial charge >= 0.3 is 18.1 Å². The van der Waals surface area contributed by atoms with E-state index in [1.54, 1.807) is 41.3 Å². The lowest BCUT2D eigenvalue weighted by Crippen LogP contribution is -2.40. The molecule has 58 heavy (non-hydrogen) atoms. The largest absolute Gasteiger partial charge is 0.479 e. The summed E-state index contributed by atoms with van der Waals surface area (Å²) in [6.07, 6.45) is -8.18. The topological polar surface area (TPSA) is 161 Å². The highest BCUT2D eigenvalue weighted by molar-refractivity contribution is 5.83. The van der Waals surface area contributed by atoms with Crippen LogP contribution in [-0.4, -0.2) is 91.0 Å². The Balaban J connectivity index is 0.000000657. The highest BCUT2D eigenvalue weighted by Crippen LogP contribution is 2.31. The quantitative estimate of drug-likeness (QED) is 0.0896. The summed E-state index contributed by atoms with van der Waals surface area (Å²) in [5, 5.41) is 33.0. The van der Waals surface area contributed by atoms with E-state index in [1.807, 2.05) is 41.0 Å². The number of hydrogen-bond donors (Lipinski definition) is 4. The lowest BCUT2D eigenvalue weighted by molar-refractivity contribution is -0.165. The molecule has 11 nitrogen and oxygen atoms in total. The number of hydrogen-bond acceptors (Lipinski definition) is 7. The van der Waals surface area contributed by atoms with Crippen molar-refractivity contribution in [3.8, 4) is 11.1 Å². The predicted octanol–water partition coefficient (Wildman–Crippen LogP) is 5.86. The van der Waals surface area contributed by atoms with E-state index in [1.165, 1.54) is 18.2 Å². The minimum atomic E-state index is -4.40. The maximum absolute atomic E-state index is 14.5. The fourth-order valence-electron chi connectivity index (χ4n) is 6.21. The molecule has 0 spiro atoms. The van der Waals surface area contributed by atoms with E-state index in [0.29, 0.717) is 60.2 Å². The zero-order chi connectivity index (χ0) is 42.6. The number of rotatable bonds is 16. The van der Waals surface area contributed by atoms with Gasteiger partial charge < -0.3 is 34.8 Å². The lowest BCUT2D eigenvalue weighted by Gasteiger charge is -2.28. The molecule has 1 aromatic heterocycles. The number of carboxylic acids is 2. The summed E-state index contributed by atoms with van der Waals surface area (Å²) < 4.78 is 55.4. The molecular weight excluding hydrogens is 762 g/mol. The molecule has 5 aromatic rings. The van der Waals surface area contributed by atoms with Gasteiger partial charge in [0.15, 0.2) is 17.6 Å². The van der Waals surface area contributed by atoms with Crippen LogP contribution < -0.4 is 5.43 Å². The van der Waals surface area contributed by atoms with E-state index in [2.05, 4.69) is 18.7 Å². The number of halogens is 4. The molecule has 0 aliphatic rings. The number of aliphatic hydroxyl groups excluding tert-OH is 2. The van der Waals surface area contributed by atoms with Gasteiger partial charge in [-0.15, -0.1) is 0 Å². The summed E-state index contributed by atoms with van der Waals surface area (Å²) in [6, 6.07) is 27.8. The van der Waals surface area contributed by atoms with Gasteiger partial charge in [-0.05, 0) is 78.5 Å². The van der Waals surface area contributed by atoms with Crippen molar-refractivity contribution in [2.45, 2.75) is 58.2 Å². The first-order chi connectivity index (χ1) is 27.5. The molecule has 5 rings (SSSR count). The Hall–Kier alpha value is -5.90. The van der Waals surface area contributed by atoms with E-state index in [9.17, 15) is 36.7 Å². The van der Waals surface area contributed by atoms with Gasteiger partial charge in [-0.2, -0.15) is 13.2 Å². The smallest absolute Gasteiger partial charge is 0.416 e. The average molecular weight is 808 g/mol. The third kappa shape index (κ3) is 12.1. The number of aliphatic carboxylic acids is 2. The van der Waals surface area contributed by atoms with Crippen LogP contribution >= 0.6 is 0 Å². The molecule has 0 aliphatic heterocycles. The van der Waals surface area contributed by atoms with Gasteiger partial charge in [0.1, 0.15) is 12.4 Å². The molecule has 0 saturated carbocycles. The number of para-hydroxylation sites is 1. The SMILES string of the molecule is CCN(CC)CCN(Cc1ccc(-c2ccc(C(F)(F)F)cc2)cc1)C(=O)Cn1c(CCc2ccccc2F)cc(=O)c2ccccc21.O=C(O)C(O)C(O)C(=O)O. The van der Waals surface area contributed by atoms with Crippen molar-refractivity contribution in [3.63, 3.8) is 0 Å². The Morgan fingerprint density at radius 1 is 0.741 bits per heavy atom. The zero-order valence-corrected chi connectivity index (χ0v) is 31.9. The van der Waals surface area contributed by atoms with Gasteiger partial charge in [-0.3, -0.25) is 9.59 Å². The predicted molar refractivity (Wildman–Crippen MR) is 209 cm³/mol. The number of carboxylic acid groups (broad SMARTS) is 2. The van der Waals surface area contributed by atoms with E-state index in [0.717, 1.165) is 36.3 Å². The van der Waals surface area contributed by atoms with Crippen LogP contribution in [0.1, 0.15) is 36.2 Å². The second-order valence-corrected chi connectivity index (χ2v) is 13.4. The number of fused-ring (bicyclic) bond motifs is 1. The molecule has 0 aliphatic carbocycles. The van der Waals surface area contributed by atoms with Gasteiger partial charge in [0, 0.05) is 36.8 Å². The summed E-state index contributed by atoms with van der Waals surface area (Å²) >= 11 is 0. The van der Waals surface area contributed by atoms with Gasteiger partial charge in [0.05, 0.1) is 11.1 Å². The standard InChI is InChI=1S/C39H39F4N3O2.C4H6O6/c1-3-44(4-2)23-24-45(26-28-13-15-29(16-14-28)30-17-20-32(21-18-30)39(41,42)43)38(48)27-46-33(22-19-31-9-5-7-11-35(31)40)25-37(47)34-10-6-8-12-36(34)46;5-1(3(7)8)2(6)4(9)10/h5-18,20-21,25H,3-4,19,22-24,26-27H2,1-2H3;1-2,5-6H,(H,7,8)(H,9,10). The summed E-state index contributed by atoms with van der Waals surface area (Å²) in [5.74, 6) is -3.98. The Kier molecular flexibility index (Phi) is 15.8. The lowest BCUT2D eigenvalue weighted by atomic mass is 10.0. The second-order valence-electron chi connectivity index (χ2n) is 13.4. The molecule has 4 N–H and O–H groups in total. The summed E-state index contributed by atoms with van der Waals surface area (Å²) in [6.45, 7) is 7.30. The number of nitrogens with zero attached hydrogens (tertiary/aromatic N) is 3. The van der Waals surface area contributed by atoms with Crippen molar-refractivity contribution in [2.24, 2.45) is 0 Å². The van der Waals surface area contributed by atoms with Crippen molar-refractivity contribution in [2.75, 3.05) is 26.2 Å². The highest BCUT2D eigenvalue weighted by atomic mass is 19.4. The van der Waals surface area contributed by atoms with Crippen LogP contribution in [0.5, 0.6) is 0 Å². The molecule has 1 amide bonds. The Labute approximate surface area is 332 Å². The van der Waals surface area contributed by atoms with Crippen LogP contribution in [0, 0.1) is 5.82 Å². The van der Waals surface area contributed by atoms with Crippen LogP contribution in [0.3, 0.4) is 0 Å². The van der Waals surface area contributed by atoms with Crippen molar-refractivity contribution >= 4 is 28.7 Å². The van der Waals surface area contributed by atoms with E-state index >= 15 is 0 Å². The molecule has 2 atom stereocenters. The van der Waals surface area contributed by atoms with Crippen molar-refractivity contribution in [1.82, 2.24) is 14.4 Å². The summed E-state index contributed by atoms with van der Waals surface area (Å²) in [7, 11) is 0. The zero-order valence-electron chi connectivity index (χ0n) is 31.9. The number of pyridine rings is 1. The van der Waals surface area contributed by atoms with Crippen LogP contribution in [0.25, 0.3) is 22.0 Å². The van der Waals surface area contributed by atoms with Gasteiger partial charge in [0.2, 0.25) is 5.91 Å². The van der Waals surface area contributed by atoms with Crippen LogP contribution in [0.4, 0.5) is 17.6 Å². The van der Waals surface area contributed by atoms with E-state index < -0.39 is 35.9 Å². The minimum Gasteiger partial charge on any atom is -0.479 e. The third-order valence-electron chi connectivity index (χ3n) is 9.62. The molecule has 2 unspecified atom stereocenters. The number of carbonyl (C=O) groups is 3. The maximum Gasteiger partial charge on any atom is 0.416 e. The van der Waals surface area contributed by atoms with E-state index in [-0.39, 0.29) is 23.7 Å². The number of aliphatic hydroxyl groups is 2. The van der Waals surface area contributed by atoms with Gasteiger partial charge in [-0.1, -0.05) is 80.6 Å². The number of amides is 1. The fourth-order valence-corrected chi connectivity index (χ4v) is 6.21. The first-order valence-corrected chi connectivity index (χ1v) is 18.5. The molecular formula is C43H45F4N3O8. The van der Waals surface area contributed by atoms with E-state index in [4.69, 9.17) is 20.4 Å². The number of carbonyl (C=O) groups excluding carboxylic acids is 1. The first kappa shape index (κ1) is 44.8. The van der Waals surface area contributed by atoms with Crippen molar-refractivity contribution < 1.29 is 52.4 Å². The van der Waals surface area contributed by atoms with Crippen LogP contribution in [0.2, 0.25) is 0 Å². The molecule has 4 aromatic carbocycles.